The van der Waals surface area contributed by atoms with Crippen molar-refractivity contribution in [3.05, 3.63) is 52.3 Å². The highest BCUT2D eigenvalue weighted by Crippen LogP contribution is 2.10. The van der Waals surface area contributed by atoms with Gasteiger partial charge in [-0.25, -0.2) is 0 Å². The van der Waals surface area contributed by atoms with E-state index in [2.05, 4.69) is 21.1 Å². The van der Waals surface area contributed by atoms with E-state index >= 15 is 0 Å². The molecule has 0 spiro atoms. The summed E-state index contributed by atoms with van der Waals surface area (Å²) in [7, 11) is 0. The Morgan fingerprint density at radius 3 is 2.96 bits per heavy atom. The van der Waals surface area contributed by atoms with Crippen LogP contribution in [0.25, 0.3) is 0 Å². The minimum atomic E-state index is -0.265. The number of H-pyrrole nitrogens is 1. The zero-order chi connectivity index (χ0) is 16.8. The van der Waals surface area contributed by atoms with Crippen LogP contribution in [0.15, 0.2) is 39.9 Å². The zero-order valence-electron chi connectivity index (χ0n) is 13.6. The molecule has 3 heterocycles. The van der Waals surface area contributed by atoms with E-state index in [1.807, 2.05) is 17.2 Å². The second-order valence-electron chi connectivity index (χ2n) is 6.05. The Labute approximate surface area is 140 Å². The predicted molar refractivity (Wildman–Crippen MR) is 88.4 cm³/mol. The van der Waals surface area contributed by atoms with Crippen molar-refractivity contribution in [3.63, 3.8) is 0 Å². The normalized spacial score (nSPS) is 16.1. The molecule has 0 aliphatic carbocycles. The minimum absolute atomic E-state index is 0.113. The molecule has 1 saturated heterocycles. The van der Waals surface area contributed by atoms with Crippen molar-refractivity contribution in [2.24, 2.45) is 0 Å². The molecule has 24 heavy (non-hydrogen) atoms. The summed E-state index contributed by atoms with van der Waals surface area (Å²) in [6.45, 7) is 4.21. The first kappa shape index (κ1) is 16.4. The Morgan fingerprint density at radius 1 is 1.29 bits per heavy atom. The maximum Gasteiger partial charge on any atom is 0.280 e. The molecule has 7 heteroatoms. The number of carbonyl (C=O) groups is 1. The van der Waals surface area contributed by atoms with Crippen molar-refractivity contribution in [1.29, 1.82) is 0 Å². The van der Waals surface area contributed by atoms with E-state index in [1.54, 1.807) is 6.20 Å². The number of rotatable bonds is 5. The van der Waals surface area contributed by atoms with E-state index in [0.717, 1.165) is 39.1 Å². The molecule has 7 nitrogen and oxygen atoms in total. The van der Waals surface area contributed by atoms with Crippen LogP contribution in [0.4, 0.5) is 0 Å². The number of amides is 1. The first-order chi connectivity index (χ1) is 11.7. The molecule has 0 unspecified atom stereocenters. The lowest BCUT2D eigenvalue weighted by atomic mass is 10.2. The van der Waals surface area contributed by atoms with Crippen molar-refractivity contribution < 1.29 is 9.32 Å². The Hall–Kier alpha value is -2.41. The maximum absolute atomic E-state index is 12.4. The van der Waals surface area contributed by atoms with E-state index in [0.29, 0.717) is 18.6 Å². The van der Waals surface area contributed by atoms with E-state index < -0.39 is 0 Å². The molecular formula is C17H22N4O3. The Morgan fingerprint density at radius 2 is 2.21 bits per heavy atom. The lowest BCUT2D eigenvalue weighted by molar-refractivity contribution is -0.131. The molecule has 0 atom stereocenters. The number of nitrogens with zero attached hydrogens (tertiary/aromatic N) is 3. The van der Waals surface area contributed by atoms with Crippen LogP contribution >= 0.6 is 0 Å². The van der Waals surface area contributed by atoms with Crippen molar-refractivity contribution in [2.75, 3.05) is 26.2 Å². The van der Waals surface area contributed by atoms with Gasteiger partial charge in [0.05, 0.1) is 0 Å². The first-order valence-electron chi connectivity index (χ1n) is 8.27. The van der Waals surface area contributed by atoms with Gasteiger partial charge in [0.15, 0.2) is 0 Å². The molecule has 0 aromatic carbocycles. The second kappa shape index (κ2) is 7.92. The quantitative estimate of drug-likeness (QED) is 0.885. The van der Waals surface area contributed by atoms with E-state index in [9.17, 15) is 9.59 Å². The number of carbonyl (C=O) groups excluding carboxylic acids is 1. The molecule has 0 bridgehead atoms. The van der Waals surface area contributed by atoms with Crippen LogP contribution in [0.5, 0.6) is 0 Å². The number of hydrogen-bond acceptors (Lipinski definition) is 5. The summed E-state index contributed by atoms with van der Waals surface area (Å²) in [5, 5.41) is 2.24. The van der Waals surface area contributed by atoms with Gasteiger partial charge < -0.3 is 9.42 Å². The summed E-state index contributed by atoms with van der Waals surface area (Å²) in [4.78, 5) is 31.8. The Balaban J connectivity index is 1.47. The van der Waals surface area contributed by atoms with Gasteiger partial charge in [-0.3, -0.25) is 19.5 Å². The Kier molecular flexibility index (Phi) is 5.43. The molecule has 3 rings (SSSR count). The smallest absolute Gasteiger partial charge is 0.280 e. The van der Waals surface area contributed by atoms with E-state index in [1.165, 1.54) is 11.6 Å². The van der Waals surface area contributed by atoms with Crippen LogP contribution in [-0.2, 0) is 17.8 Å². The van der Waals surface area contributed by atoms with E-state index in [4.69, 9.17) is 4.52 Å². The topological polar surface area (TPSA) is 82.4 Å². The maximum atomic E-state index is 12.4. The zero-order valence-corrected chi connectivity index (χ0v) is 13.6. The average Bonchev–Trinajstić information content (AvgIpc) is 2.87. The fourth-order valence-electron chi connectivity index (χ4n) is 2.96. The highest BCUT2D eigenvalue weighted by molar-refractivity contribution is 5.76. The first-order valence-corrected chi connectivity index (χ1v) is 8.27. The van der Waals surface area contributed by atoms with Gasteiger partial charge in [0, 0.05) is 64.0 Å². The number of hydrogen-bond donors (Lipinski definition) is 1. The molecule has 1 N–H and O–H groups in total. The fourth-order valence-corrected chi connectivity index (χ4v) is 2.96. The van der Waals surface area contributed by atoms with Crippen molar-refractivity contribution in [3.8, 4) is 0 Å². The molecule has 0 radical (unpaired) electrons. The SMILES string of the molecule is O=C(CCc1cc(=O)[nH]o1)N1CCCN(Cc2cccnc2)CC1. The summed E-state index contributed by atoms with van der Waals surface area (Å²) in [5.41, 5.74) is 0.929. The number of aromatic amines is 1. The van der Waals surface area contributed by atoms with Crippen LogP contribution in [0, 0.1) is 0 Å². The van der Waals surface area contributed by atoms with Crippen LogP contribution in [0.3, 0.4) is 0 Å². The molecule has 1 amide bonds. The summed E-state index contributed by atoms with van der Waals surface area (Å²) in [5.74, 6) is 0.642. The van der Waals surface area contributed by atoms with Gasteiger partial charge in [0.1, 0.15) is 5.76 Å². The van der Waals surface area contributed by atoms with Crippen LogP contribution < -0.4 is 5.56 Å². The predicted octanol–water partition coefficient (Wildman–Crippen LogP) is 1.03. The van der Waals surface area contributed by atoms with Gasteiger partial charge in [0.25, 0.3) is 5.56 Å². The van der Waals surface area contributed by atoms with Crippen LogP contribution in [-0.4, -0.2) is 52.0 Å². The largest absolute Gasteiger partial charge is 0.384 e. The number of pyridine rings is 1. The lowest BCUT2D eigenvalue weighted by Crippen LogP contribution is -2.35. The Bertz CT molecular complexity index is 710. The molecular weight excluding hydrogens is 308 g/mol. The van der Waals surface area contributed by atoms with Gasteiger partial charge >= 0.3 is 0 Å². The number of aryl methyl sites for hydroxylation is 1. The number of aromatic nitrogens is 2. The highest BCUT2D eigenvalue weighted by Gasteiger charge is 2.19. The third-order valence-corrected chi connectivity index (χ3v) is 4.23. The molecule has 128 valence electrons. The molecule has 1 aliphatic heterocycles. The minimum Gasteiger partial charge on any atom is -0.384 e. The van der Waals surface area contributed by atoms with Crippen LogP contribution in [0.1, 0.15) is 24.2 Å². The molecule has 1 fully saturated rings. The fraction of sp³-hybridized carbons (Fsp3) is 0.471. The van der Waals surface area contributed by atoms with Crippen molar-refractivity contribution in [2.45, 2.75) is 25.8 Å². The van der Waals surface area contributed by atoms with Crippen molar-refractivity contribution in [1.82, 2.24) is 19.9 Å². The summed E-state index contributed by atoms with van der Waals surface area (Å²) >= 11 is 0. The van der Waals surface area contributed by atoms with Gasteiger partial charge in [-0.15, -0.1) is 0 Å². The summed E-state index contributed by atoms with van der Waals surface area (Å²) < 4.78 is 4.99. The lowest BCUT2D eigenvalue weighted by Gasteiger charge is -2.22. The van der Waals surface area contributed by atoms with Gasteiger partial charge in [0.2, 0.25) is 5.91 Å². The van der Waals surface area contributed by atoms with E-state index in [-0.39, 0.29) is 11.5 Å². The summed E-state index contributed by atoms with van der Waals surface area (Å²) in [6.07, 6.45) is 5.44. The molecule has 1 aliphatic rings. The highest BCUT2D eigenvalue weighted by atomic mass is 16.5. The van der Waals surface area contributed by atoms with Crippen molar-refractivity contribution >= 4 is 5.91 Å². The second-order valence-corrected chi connectivity index (χ2v) is 6.05. The monoisotopic (exact) mass is 330 g/mol. The van der Waals surface area contributed by atoms with Crippen LogP contribution in [0.2, 0.25) is 0 Å². The van der Waals surface area contributed by atoms with Gasteiger partial charge in [-0.05, 0) is 18.1 Å². The third kappa shape index (κ3) is 4.55. The number of nitrogens with one attached hydrogen (secondary N) is 1. The molecule has 2 aromatic heterocycles. The summed E-state index contributed by atoms with van der Waals surface area (Å²) in [6, 6.07) is 5.42. The molecule has 0 saturated carbocycles. The van der Waals surface area contributed by atoms with Gasteiger partial charge in [-0.2, -0.15) is 5.16 Å². The molecule has 2 aromatic rings. The standard InChI is InChI=1S/C17H22N4O3/c22-16-11-15(24-19-16)4-5-17(23)21-8-2-7-20(9-10-21)13-14-3-1-6-18-12-14/h1,3,6,11-12H,2,4-5,7-10,13H2,(H,19,22). The average molecular weight is 330 g/mol. The third-order valence-electron chi connectivity index (χ3n) is 4.23. The van der Waals surface area contributed by atoms with Gasteiger partial charge in [-0.1, -0.05) is 6.07 Å².